The highest BCUT2D eigenvalue weighted by atomic mass is 16.5. The van der Waals surface area contributed by atoms with E-state index in [0.717, 1.165) is 0 Å². The minimum absolute atomic E-state index is 0.146. The van der Waals surface area contributed by atoms with Crippen molar-refractivity contribution in [2.45, 2.75) is 6.04 Å². The van der Waals surface area contributed by atoms with Crippen LogP contribution in [0.1, 0.15) is 10.4 Å². The van der Waals surface area contributed by atoms with Crippen LogP contribution < -0.4 is 15.4 Å². The van der Waals surface area contributed by atoms with Crippen LogP contribution in [0.3, 0.4) is 0 Å². The Hall–Kier alpha value is -2.61. The molecule has 1 aromatic carbocycles. The average Bonchev–Trinajstić information content (AvgIpc) is 2.43. The maximum absolute atomic E-state index is 11.8. The van der Waals surface area contributed by atoms with Crippen LogP contribution in [-0.2, 0) is 9.59 Å². The fourth-order valence-corrected chi connectivity index (χ4v) is 1.64. The number of benzene rings is 1. The van der Waals surface area contributed by atoms with Crippen LogP contribution in [0.25, 0.3) is 0 Å². The van der Waals surface area contributed by atoms with Gasteiger partial charge in [-0.25, -0.2) is 4.79 Å². The van der Waals surface area contributed by atoms with E-state index in [4.69, 9.17) is 14.9 Å². The summed E-state index contributed by atoms with van der Waals surface area (Å²) in [5, 5.41) is 22.3. The van der Waals surface area contributed by atoms with Crippen molar-refractivity contribution in [3.8, 4) is 5.75 Å². The van der Waals surface area contributed by atoms with Gasteiger partial charge in [0.2, 0.25) is 0 Å². The molecule has 1 aliphatic heterocycles. The lowest BCUT2D eigenvalue weighted by Crippen LogP contribution is -2.43. The SMILES string of the molecule is O=C1COc2cc(C(=O)N[C@@H](CO)C(=O)O)ccc2N1. The first-order valence-corrected chi connectivity index (χ1v) is 5.72. The normalized spacial score (nSPS) is 14.6. The first kappa shape index (κ1) is 13.8. The van der Waals surface area contributed by atoms with Crippen molar-refractivity contribution in [3.05, 3.63) is 23.8 Å². The number of aliphatic hydroxyl groups excluding tert-OH is 1. The number of hydrogen-bond acceptors (Lipinski definition) is 5. The quantitative estimate of drug-likeness (QED) is 0.572. The molecule has 0 spiro atoms. The van der Waals surface area contributed by atoms with Gasteiger partial charge in [-0.1, -0.05) is 0 Å². The third kappa shape index (κ3) is 2.86. The molecule has 8 heteroatoms. The highest BCUT2D eigenvalue weighted by molar-refractivity contribution is 6.00. The molecule has 20 heavy (non-hydrogen) atoms. The summed E-state index contributed by atoms with van der Waals surface area (Å²) in [7, 11) is 0. The minimum Gasteiger partial charge on any atom is -0.482 e. The zero-order valence-electron chi connectivity index (χ0n) is 10.3. The van der Waals surface area contributed by atoms with Gasteiger partial charge in [0.25, 0.3) is 11.8 Å². The number of carbonyl (C=O) groups is 3. The van der Waals surface area contributed by atoms with E-state index in [9.17, 15) is 14.4 Å². The van der Waals surface area contributed by atoms with E-state index in [-0.39, 0.29) is 18.1 Å². The molecule has 1 aromatic rings. The molecule has 1 heterocycles. The number of carboxylic acids is 1. The summed E-state index contributed by atoms with van der Waals surface area (Å²) < 4.78 is 5.15. The molecule has 0 saturated heterocycles. The maximum Gasteiger partial charge on any atom is 0.328 e. The molecule has 2 amide bonds. The Balaban J connectivity index is 2.15. The van der Waals surface area contributed by atoms with Crippen LogP contribution in [0, 0.1) is 0 Å². The second-order valence-electron chi connectivity index (χ2n) is 4.09. The fourth-order valence-electron chi connectivity index (χ4n) is 1.64. The molecule has 8 nitrogen and oxygen atoms in total. The van der Waals surface area contributed by atoms with Gasteiger partial charge in [0.05, 0.1) is 12.3 Å². The number of rotatable bonds is 4. The lowest BCUT2D eigenvalue weighted by atomic mass is 10.1. The summed E-state index contributed by atoms with van der Waals surface area (Å²) in [6.07, 6.45) is 0. The lowest BCUT2D eigenvalue weighted by molar-refractivity contribution is -0.140. The monoisotopic (exact) mass is 280 g/mol. The molecular weight excluding hydrogens is 268 g/mol. The van der Waals surface area contributed by atoms with Crippen molar-refractivity contribution in [3.63, 3.8) is 0 Å². The Bertz CT molecular complexity index is 571. The molecule has 106 valence electrons. The van der Waals surface area contributed by atoms with Crippen LogP contribution in [0.5, 0.6) is 5.75 Å². The van der Waals surface area contributed by atoms with E-state index in [1.807, 2.05) is 0 Å². The molecule has 4 N–H and O–H groups in total. The predicted molar refractivity (Wildman–Crippen MR) is 66.5 cm³/mol. The molecule has 0 unspecified atom stereocenters. The topological polar surface area (TPSA) is 125 Å². The highest BCUT2D eigenvalue weighted by Gasteiger charge is 2.22. The first-order chi connectivity index (χ1) is 9.51. The predicted octanol–water partition coefficient (Wildman–Crippen LogP) is -0.807. The third-order valence-electron chi connectivity index (χ3n) is 2.66. The second kappa shape index (κ2) is 5.57. The number of hydrogen-bond donors (Lipinski definition) is 4. The molecule has 2 rings (SSSR count). The number of anilines is 1. The number of amides is 2. The van der Waals surface area contributed by atoms with Gasteiger partial charge >= 0.3 is 5.97 Å². The Morgan fingerprint density at radius 3 is 2.85 bits per heavy atom. The van der Waals surface area contributed by atoms with Gasteiger partial charge in [-0.3, -0.25) is 9.59 Å². The zero-order valence-corrected chi connectivity index (χ0v) is 10.3. The number of fused-ring (bicyclic) bond motifs is 1. The average molecular weight is 280 g/mol. The highest BCUT2D eigenvalue weighted by Crippen LogP contribution is 2.28. The third-order valence-corrected chi connectivity index (χ3v) is 2.66. The van der Waals surface area contributed by atoms with Gasteiger partial charge in [0.1, 0.15) is 5.75 Å². The van der Waals surface area contributed by atoms with Crippen molar-refractivity contribution in [2.75, 3.05) is 18.5 Å². The van der Waals surface area contributed by atoms with Crippen molar-refractivity contribution in [2.24, 2.45) is 0 Å². The molecule has 0 aromatic heterocycles. The van der Waals surface area contributed by atoms with E-state index in [1.54, 1.807) is 0 Å². The summed E-state index contributed by atoms with van der Waals surface area (Å²) in [6.45, 7) is -0.856. The van der Waals surface area contributed by atoms with Gasteiger partial charge in [0, 0.05) is 5.56 Å². The summed E-state index contributed by atoms with van der Waals surface area (Å²) in [6, 6.07) is 2.91. The Labute approximate surface area is 113 Å². The van der Waals surface area contributed by atoms with Crippen LogP contribution in [0.15, 0.2) is 18.2 Å². The number of aliphatic carboxylic acids is 1. The minimum atomic E-state index is -1.38. The van der Waals surface area contributed by atoms with E-state index in [1.165, 1.54) is 18.2 Å². The fraction of sp³-hybridized carbons (Fsp3) is 0.250. The molecule has 1 aliphatic rings. The summed E-state index contributed by atoms with van der Waals surface area (Å²) in [5.74, 6) is -1.95. The van der Waals surface area contributed by atoms with E-state index >= 15 is 0 Å². The van der Waals surface area contributed by atoms with Crippen LogP contribution in [0.4, 0.5) is 5.69 Å². The molecule has 0 fully saturated rings. The smallest absolute Gasteiger partial charge is 0.328 e. The number of carboxylic acid groups (broad SMARTS) is 1. The van der Waals surface area contributed by atoms with E-state index < -0.39 is 24.5 Å². The lowest BCUT2D eigenvalue weighted by Gasteiger charge is -2.18. The first-order valence-electron chi connectivity index (χ1n) is 5.72. The Morgan fingerprint density at radius 2 is 2.20 bits per heavy atom. The number of nitrogens with one attached hydrogen (secondary N) is 2. The summed E-state index contributed by atoms with van der Waals surface area (Å²) in [5.41, 5.74) is 0.606. The number of ether oxygens (including phenoxy) is 1. The molecule has 1 atom stereocenters. The largest absolute Gasteiger partial charge is 0.482 e. The second-order valence-corrected chi connectivity index (χ2v) is 4.09. The van der Waals surface area contributed by atoms with Crippen LogP contribution in [-0.4, -0.2) is 47.3 Å². The van der Waals surface area contributed by atoms with Gasteiger partial charge in [-0.05, 0) is 18.2 Å². The molecule has 0 bridgehead atoms. The van der Waals surface area contributed by atoms with Crippen LogP contribution >= 0.6 is 0 Å². The van der Waals surface area contributed by atoms with Crippen molar-refractivity contribution in [1.82, 2.24) is 5.32 Å². The number of carbonyl (C=O) groups excluding carboxylic acids is 2. The van der Waals surface area contributed by atoms with Crippen molar-refractivity contribution in [1.29, 1.82) is 0 Å². The van der Waals surface area contributed by atoms with Gasteiger partial charge in [0.15, 0.2) is 12.6 Å². The molecule has 0 saturated carbocycles. The number of aliphatic hydroxyl groups is 1. The van der Waals surface area contributed by atoms with Gasteiger partial charge in [-0.15, -0.1) is 0 Å². The summed E-state index contributed by atoms with van der Waals surface area (Å²) in [4.78, 5) is 33.7. The van der Waals surface area contributed by atoms with E-state index in [2.05, 4.69) is 10.6 Å². The van der Waals surface area contributed by atoms with Crippen molar-refractivity contribution < 1.29 is 29.3 Å². The summed E-state index contributed by atoms with van der Waals surface area (Å²) >= 11 is 0. The molecular formula is C12H12N2O6. The Kier molecular flexibility index (Phi) is 3.85. The molecule has 0 aliphatic carbocycles. The zero-order chi connectivity index (χ0) is 14.7. The Morgan fingerprint density at radius 1 is 1.45 bits per heavy atom. The van der Waals surface area contributed by atoms with E-state index in [0.29, 0.717) is 11.4 Å². The van der Waals surface area contributed by atoms with Gasteiger partial charge < -0.3 is 25.6 Å². The standard InChI is InChI=1S/C12H12N2O6/c15-4-8(12(18)19)14-11(17)6-1-2-7-9(3-6)20-5-10(16)13-7/h1-3,8,15H,4-5H2,(H,13,16)(H,14,17)(H,18,19)/t8-/m0/s1. The molecule has 0 radical (unpaired) electrons. The van der Waals surface area contributed by atoms with Gasteiger partial charge in [-0.2, -0.15) is 0 Å². The van der Waals surface area contributed by atoms with Crippen molar-refractivity contribution >= 4 is 23.5 Å². The maximum atomic E-state index is 11.8. The van der Waals surface area contributed by atoms with Crippen LogP contribution in [0.2, 0.25) is 0 Å².